The molecular weight excluding hydrogens is 240 g/mol. The summed E-state index contributed by atoms with van der Waals surface area (Å²) in [5.74, 6) is 0.647. The van der Waals surface area contributed by atoms with Gasteiger partial charge in [-0.1, -0.05) is 26.7 Å². The van der Waals surface area contributed by atoms with Gasteiger partial charge >= 0.3 is 5.97 Å². The Morgan fingerprint density at radius 1 is 1.11 bits per heavy atom. The summed E-state index contributed by atoms with van der Waals surface area (Å²) in [6.07, 6.45) is 8.64. The van der Waals surface area contributed by atoms with Gasteiger partial charge in [0.05, 0.1) is 0 Å². The van der Waals surface area contributed by atoms with Crippen molar-refractivity contribution >= 4 is 5.97 Å². The standard InChI is InChI=1S/C16H28O3/c1-12(2)13-8-4-5-9-14(13)19-15(17)16(18)10-6-3-7-11-16/h12-14,18H,3-11H2,1-2H3. The SMILES string of the molecule is CC(C)C1CCCCC1OC(=O)C1(O)CCCCC1. The molecule has 2 aliphatic rings. The van der Waals surface area contributed by atoms with Gasteiger partial charge in [0.25, 0.3) is 0 Å². The topological polar surface area (TPSA) is 46.5 Å². The minimum Gasteiger partial charge on any atom is -0.460 e. The third kappa shape index (κ3) is 3.50. The molecule has 2 unspecified atom stereocenters. The van der Waals surface area contributed by atoms with Crippen molar-refractivity contribution in [1.29, 1.82) is 0 Å². The van der Waals surface area contributed by atoms with Crippen molar-refractivity contribution < 1.29 is 14.6 Å². The van der Waals surface area contributed by atoms with Crippen LogP contribution >= 0.6 is 0 Å². The maximum absolute atomic E-state index is 12.3. The van der Waals surface area contributed by atoms with E-state index in [0.717, 1.165) is 38.5 Å². The van der Waals surface area contributed by atoms with Gasteiger partial charge in [-0.05, 0) is 56.8 Å². The molecule has 0 aromatic carbocycles. The maximum atomic E-state index is 12.3. The molecule has 2 rings (SSSR count). The zero-order valence-corrected chi connectivity index (χ0v) is 12.4. The summed E-state index contributed by atoms with van der Waals surface area (Å²) in [6, 6.07) is 0. The molecule has 0 heterocycles. The minimum absolute atomic E-state index is 0.0206. The van der Waals surface area contributed by atoms with Gasteiger partial charge in [-0.3, -0.25) is 0 Å². The predicted octanol–water partition coefficient (Wildman–Crippen LogP) is 3.44. The number of carbonyl (C=O) groups excluding carboxylic acids is 1. The van der Waals surface area contributed by atoms with Gasteiger partial charge in [0, 0.05) is 0 Å². The molecule has 2 fully saturated rings. The smallest absolute Gasteiger partial charge is 0.338 e. The van der Waals surface area contributed by atoms with Crippen LogP contribution in [-0.4, -0.2) is 22.8 Å². The predicted molar refractivity (Wildman–Crippen MR) is 74.7 cm³/mol. The normalized spacial score (nSPS) is 31.2. The lowest BCUT2D eigenvalue weighted by Gasteiger charge is -2.37. The molecule has 110 valence electrons. The van der Waals surface area contributed by atoms with Crippen LogP contribution in [0.2, 0.25) is 0 Å². The fourth-order valence-electron chi connectivity index (χ4n) is 3.62. The van der Waals surface area contributed by atoms with E-state index in [9.17, 15) is 9.90 Å². The highest BCUT2D eigenvalue weighted by molar-refractivity contribution is 5.79. The van der Waals surface area contributed by atoms with E-state index in [0.29, 0.717) is 24.7 Å². The summed E-state index contributed by atoms with van der Waals surface area (Å²) < 4.78 is 5.72. The van der Waals surface area contributed by atoms with Crippen LogP contribution in [-0.2, 0) is 9.53 Å². The molecule has 0 saturated heterocycles. The third-order valence-corrected chi connectivity index (χ3v) is 4.93. The van der Waals surface area contributed by atoms with Crippen molar-refractivity contribution in [2.24, 2.45) is 11.8 Å². The van der Waals surface area contributed by atoms with E-state index in [4.69, 9.17) is 4.74 Å². The Bertz CT molecular complexity index is 305. The summed E-state index contributed by atoms with van der Waals surface area (Å²) in [7, 11) is 0. The van der Waals surface area contributed by atoms with Crippen molar-refractivity contribution in [3.8, 4) is 0 Å². The molecule has 0 aliphatic heterocycles. The molecule has 2 aliphatic carbocycles. The number of hydrogen-bond acceptors (Lipinski definition) is 3. The van der Waals surface area contributed by atoms with Gasteiger partial charge in [0.1, 0.15) is 6.10 Å². The number of esters is 1. The second-order valence-electron chi connectivity index (χ2n) is 6.73. The van der Waals surface area contributed by atoms with E-state index in [1.54, 1.807) is 0 Å². The van der Waals surface area contributed by atoms with Gasteiger partial charge in [-0.25, -0.2) is 4.79 Å². The first-order valence-electron chi connectivity index (χ1n) is 7.96. The fraction of sp³-hybridized carbons (Fsp3) is 0.938. The lowest BCUT2D eigenvalue weighted by molar-refractivity contribution is -0.180. The Balaban J connectivity index is 1.96. The molecule has 0 aromatic rings. The number of aliphatic hydroxyl groups is 1. The Morgan fingerprint density at radius 3 is 2.37 bits per heavy atom. The highest BCUT2D eigenvalue weighted by Gasteiger charge is 2.41. The number of carbonyl (C=O) groups is 1. The first kappa shape index (κ1) is 14.8. The van der Waals surface area contributed by atoms with Crippen LogP contribution in [0.3, 0.4) is 0 Å². The number of hydrogen-bond donors (Lipinski definition) is 1. The quantitative estimate of drug-likeness (QED) is 0.798. The zero-order chi connectivity index (χ0) is 13.9. The molecular formula is C16H28O3. The summed E-state index contributed by atoms with van der Waals surface area (Å²) in [6.45, 7) is 4.40. The fourth-order valence-corrected chi connectivity index (χ4v) is 3.62. The third-order valence-electron chi connectivity index (χ3n) is 4.93. The molecule has 0 radical (unpaired) electrons. The van der Waals surface area contributed by atoms with E-state index in [2.05, 4.69) is 13.8 Å². The molecule has 3 heteroatoms. The van der Waals surface area contributed by atoms with Crippen LogP contribution < -0.4 is 0 Å². The second kappa shape index (κ2) is 6.25. The van der Waals surface area contributed by atoms with Crippen molar-refractivity contribution in [3.63, 3.8) is 0 Å². The van der Waals surface area contributed by atoms with Gasteiger partial charge < -0.3 is 9.84 Å². The summed E-state index contributed by atoms with van der Waals surface area (Å²) >= 11 is 0. The van der Waals surface area contributed by atoms with Crippen molar-refractivity contribution in [3.05, 3.63) is 0 Å². The van der Waals surface area contributed by atoms with E-state index in [1.165, 1.54) is 6.42 Å². The molecule has 0 amide bonds. The van der Waals surface area contributed by atoms with E-state index < -0.39 is 5.60 Å². The highest BCUT2D eigenvalue weighted by atomic mass is 16.6. The largest absolute Gasteiger partial charge is 0.460 e. The van der Waals surface area contributed by atoms with Crippen LogP contribution in [0.5, 0.6) is 0 Å². The van der Waals surface area contributed by atoms with Crippen LogP contribution in [0.4, 0.5) is 0 Å². The first-order chi connectivity index (χ1) is 9.03. The van der Waals surface area contributed by atoms with Crippen LogP contribution in [0.1, 0.15) is 71.6 Å². The number of ether oxygens (including phenoxy) is 1. The Labute approximate surface area is 116 Å². The lowest BCUT2D eigenvalue weighted by Crippen LogP contribution is -2.45. The highest BCUT2D eigenvalue weighted by Crippen LogP contribution is 2.35. The van der Waals surface area contributed by atoms with Crippen molar-refractivity contribution in [1.82, 2.24) is 0 Å². The molecule has 2 atom stereocenters. The van der Waals surface area contributed by atoms with Gasteiger partial charge in [0.15, 0.2) is 5.60 Å². The molecule has 0 bridgehead atoms. The summed E-state index contributed by atoms with van der Waals surface area (Å²) in [5, 5.41) is 10.4. The van der Waals surface area contributed by atoms with Gasteiger partial charge in [-0.15, -0.1) is 0 Å². The van der Waals surface area contributed by atoms with Gasteiger partial charge in [-0.2, -0.15) is 0 Å². The number of rotatable bonds is 3. The van der Waals surface area contributed by atoms with Crippen LogP contribution in [0.25, 0.3) is 0 Å². The molecule has 0 spiro atoms. The monoisotopic (exact) mass is 268 g/mol. The summed E-state index contributed by atoms with van der Waals surface area (Å²) in [4.78, 5) is 12.3. The average molecular weight is 268 g/mol. The van der Waals surface area contributed by atoms with Crippen LogP contribution in [0.15, 0.2) is 0 Å². The molecule has 1 N–H and O–H groups in total. The van der Waals surface area contributed by atoms with E-state index in [-0.39, 0.29) is 12.1 Å². The summed E-state index contributed by atoms with van der Waals surface area (Å²) in [5.41, 5.74) is -1.20. The second-order valence-corrected chi connectivity index (χ2v) is 6.73. The Morgan fingerprint density at radius 2 is 1.74 bits per heavy atom. The van der Waals surface area contributed by atoms with Gasteiger partial charge in [0.2, 0.25) is 0 Å². The van der Waals surface area contributed by atoms with Crippen LogP contribution in [0, 0.1) is 11.8 Å². The first-order valence-corrected chi connectivity index (χ1v) is 7.96. The van der Waals surface area contributed by atoms with Crippen molar-refractivity contribution in [2.45, 2.75) is 83.3 Å². The molecule has 3 nitrogen and oxygen atoms in total. The lowest BCUT2D eigenvalue weighted by atomic mass is 9.79. The average Bonchev–Trinajstić information content (AvgIpc) is 2.40. The zero-order valence-electron chi connectivity index (χ0n) is 12.4. The Kier molecular flexibility index (Phi) is 4.88. The molecule has 2 saturated carbocycles. The maximum Gasteiger partial charge on any atom is 0.338 e. The Hall–Kier alpha value is -0.570. The van der Waals surface area contributed by atoms with E-state index in [1.807, 2.05) is 0 Å². The molecule has 0 aromatic heterocycles. The molecule has 19 heavy (non-hydrogen) atoms. The van der Waals surface area contributed by atoms with E-state index >= 15 is 0 Å². The minimum atomic E-state index is -1.20. The van der Waals surface area contributed by atoms with Crippen molar-refractivity contribution in [2.75, 3.05) is 0 Å².